The van der Waals surface area contributed by atoms with Crippen LogP contribution in [0.3, 0.4) is 0 Å². The van der Waals surface area contributed by atoms with E-state index in [1.54, 1.807) is 6.26 Å². The van der Waals surface area contributed by atoms with Crippen LogP contribution >= 0.6 is 11.6 Å². The van der Waals surface area contributed by atoms with Crippen LogP contribution in [-0.2, 0) is 0 Å². The maximum Gasteiger partial charge on any atom is 0.126 e. The molecule has 1 aromatic heterocycles. The van der Waals surface area contributed by atoms with Gasteiger partial charge in [-0.3, -0.25) is 0 Å². The van der Waals surface area contributed by atoms with Gasteiger partial charge in [0.1, 0.15) is 11.1 Å². The Labute approximate surface area is 94.7 Å². The van der Waals surface area contributed by atoms with E-state index in [4.69, 9.17) is 16.0 Å². The van der Waals surface area contributed by atoms with Crippen LogP contribution in [-0.4, -0.2) is 0 Å². The number of benzene rings is 1. The summed E-state index contributed by atoms with van der Waals surface area (Å²) < 4.78 is 5.30. The van der Waals surface area contributed by atoms with E-state index in [0.717, 1.165) is 11.3 Å². The number of furan rings is 1. The fraction of sp³-hybridized carbons (Fsp3) is 0.231. The first-order valence-electron chi connectivity index (χ1n) is 4.93. The minimum Gasteiger partial charge on any atom is -0.467 e. The van der Waals surface area contributed by atoms with Crippen molar-refractivity contribution in [1.29, 1.82) is 0 Å². The third-order valence-corrected chi connectivity index (χ3v) is 2.94. The summed E-state index contributed by atoms with van der Waals surface area (Å²) in [6, 6.07) is 10.0. The van der Waals surface area contributed by atoms with Crippen LogP contribution in [0.15, 0.2) is 41.0 Å². The van der Waals surface area contributed by atoms with Gasteiger partial charge in [-0.15, -0.1) is 11.6 Å². The Kier molecular flexibility index (Phi) is 2.83. The van der Waals surface area contributed by atoms with Crippen LogP contribution in [0.5, 0.6) is 0 Å². The Hall–Kier alpha value is -1.21. The predicted octanol–water partition coefficient (Wildman–Crippen LogP) is 4.22. The van der Waals surface area contributed by atoms with Gasteiger partial charge in [-0.1, -0.05) is 23.8 Å². The average Bonchev–Trinajstić information content (AvgIpc) is 2.69. The summed E-state index contributed by atoms with van der Waals surface area (Å²) in [5.74, 6) is 0.795. The molecule has 0 N–H and O–H groups in total. The Bertz CT molecular complexity index is 446. The topological polar surface area (TPSA) is 13.1 Å². The van der Waals surface area contributed by atoms with Gasteiger partial charge in [-0.05, 0) is 37.1 Å². The summed E-state index contributed by atoms with van der Waals surface area (Å²) in [5.41, 5.74) is 3.56. The lowest BCUT2D eigenvalue weighted by Gasteiger charge is -2.10. The van der Waals surface area contributed by atoms with E-state index in [1.807, 2.05) is 12.1 Å². The zero-order valence-electron chi connectivity index (χ0n) is 8.83. The average molecular weight is 221 g/mol. The lowest BCUT2D eigenvalue weighted by Crippen LogP contribution is -1.95. The van der Waals surface area contributed by atoms with Gasteiger partial charge in [-0.2, -0.15) is 0 Å². The molecule has 0 radical (unpaired) electrons. The molecule has 0 spiro atoms. The van der Waals surface area contributed by atoms with Crippen molar-refractivity contribution in [2.24, 2.45) is 0 Å². The Morgan fingerprint density at radius 2 is 2.00 bits per heavy atom. The third-order valence-electron chi connectivity index (χ3n) is 2.49. The molecule has 0 bridgehead atoms. The molecule has 0 fully saturated rings. The lowest BCUT2D eigenvalue weighted by atomic mass is 10.0. The molecule has 2 rings (SSSR count). The zero-order chi connectivity index (χ0) is 10.8. The molecule has 2 aromatic rings. The standard InChI is InChI=1S/C13H13ClO/c1-9-5-6-11(10(2)8-9)13(14)12-4-3-7-15-12/h3-8,13H,1-2H3. The van der Waals surface area contributed by atoms with E-state index in [9.17, 15) is 0 Å². The van der Waals surface area contributed by atoms with Gasteiger partial charge in [0.15, 0.2) is 0 Å². The van der Waals surface area contributed by atoms with Crippen LogP contribution in [0.4, 0.5) is 0 Å². The van der Waals surface area contributed by atoms with Crippen molar-refractivity contribution in [3.63, 3.8) is 0 Å². The summed E-state index contributed by atoms with van der Waals surface area (Å²) in [6.45, 7) is 4.15. The largest absolute Gasteiger partial charge is 0.467 e. The highest BCUT2D eigenvalue weighted by atomic mass is 35.5. The number of alkyl halides is 1. The van der Waals surface area contributed by atoms with Crippen molar-refractivity contribution in [2.45, 2.75) is 19.2 Å². The molecular weight excluding hydrogens is 208 g/mol. The molecule has 78 valence electrons. The molecule has 0 saturated heterocycles. The first kappa shape index (κ1) is 10.3. The quantitative estimate of drug-likeness (QED) is 0.691. The smallest absolute Gasteiger partial charge is 0.126 e. The van der Waals surface area contributed by atoms with E-state index in [0.29, 0.717) is 0 Å². The molecule has 0 aliphatic heterocycles. The summed E-state index contributed by atoms with van der Waals surface area (Å²) in [5, 5.41) is -0.194. The molecule has 0 aliphatic rings. The highest BCUT2D eigenvalue weighted by Crippen LogP contribution is 2.31. The van der Waals surface area contributed by atoms with Crippen molar-refractivity contribution in [3.8, 4) is 0 Å². The molecule has 0 saturated carbocycles. The van der Waals surface area contributed by atoms with Crippen molar-refractivity contribution in [3.05, 3.63) is 59.0 Å². The normalized spacial score (nSPS) is 12.7. The molecule has 0 amide bonds. The molecule has 2 heteroatoms. The fourth-order valence-corrected chi connectivity index (χ4v) is 2.07. The van der Waals surface area contributed by atoms with Crippen LogP contribution < -0.4 is 0 Å². The van der Waals surface area contributed by atoms with E-state index in [1.165, 1.54) is 11.1 Å². The molecular formula is C13H13ClO. The molecule has 1 aromatic carbocycles. The van der Waals surface area contributed by atoms with Crippen molar-refractivity contribution in [2.75, 3.05) is 0 Å². The van der Waals surface area contributed by atoms with Gasteiger partial charge in [-0.25, -0.2) is 0 Å². The summed E-state index contributed by atoms with van der Waals surface area (Å²) in [7, 11) is 0. The van der Waals surface area contributed by atoms with Crippen LogP contribution in [0.2, 0.25) is 0 Å². The van der Waals surface area contributed by atoms with E-state index < -0.39 is 0 Å². The summed E-state index contributed by atoms with van der Waals surface area (Å²) >= 11 is 6.34. The van der Waals surface area contributed by atoms with E-state index >= 15 is 0 Å². The lowest BCUT2D eigenvalue weighted by molar-refractivity contribution is 0.516. The maximum absolute atomic E-state index is 6.34. The van der Waals surface area contributed by atoms with Crippen LogP contribution in [0.1, 0.15) is 27.8 Å². The van der Waals surface area contributed by atoms with Crippen molar-refractivity contribution in [1.82, 2.24) is 0 Å². The number of halogens is 1. The molecule has 1 nitrogen and oxygen atoms in total. The number of rotatable bonds is 2. The summed E-state index contributed by atoms with van der Waals surface area (Å²) in [6.07, 6.45) is 1.65. The third kappa shape index (κ3) is 2.07. The van der Waals surface area contributed by atoms with Gasteiger partial charge >= 0.3 is 0 Å². The molecule has 1 unspecified atom stereocenters. The Morgan fingerprint density at radius 1 is 1.20 bits per heavy atom. The summed E-state index contributed by atoms with van der Waals surface area (Å²) in [4.78, 5) is 0. The van der Waals surface area contributed by atoms with Gasteiger partial charge in [0.2, 0.25) is 0 Å². The second kappa shape index (κ2) is 4.11. The number of hydrogen-bond acceptors (Lipinski definition) is 1. The molecule has 1 atom stereocenters. The second-order valence-corrected chi connectivity index (χ2v) is 4.17. The van der Waals surface area contributed by atoms with Gasteiger partial charge < -0.3 is 4.42 Å². The van der Waals surface area contributed by atoms with Gasteiger partial charge in [0.25, 0.3) is 0 Å². The molecule has 1 heterocycles. The predicted molar refractivity (Wildman–Crippen MR) is 62.3 cm³/mol. The van der Waals surface area contributed by atoms with Crippen LogP contribution in [0, 0.1) is 13.8 Å². The fourth-order valence-electron chi connectivity index (χ4n) is 1.70. The van der Waals surface area contributed by atoms with Gasteiger partial charge in [0, 0.05) is 0 Å². The number of aryl methyl sites for hydroxylation is 2. The highest BCUT2D eigenvalue weighted by molar-refractivity contribution is 6.22. The first-order chi connectivity index (χ1) is 7.18. The Balaban J connectivity index is 2.38. The van der Waals surface area contributed by atoms with Crippen molar-refractivity contribution < 1.29 is 4.42 Å². The molecule has 0 aliphatic carbocycles. The maximum atomic E-state index is 6.34. The first-order valence-corrected chi connectivity index (χ1v) is 5.37. The van der Waals surface area contributed by atoms with E-state index in [2.05, 4.69) is 32.0 Å². The zero-order valence-corrected chi connectivity index (χ0v) is 9.58. The van der Waals surface area contributed by atoms with Crippen LogP contribution in [0.25, 0.3) is 0 Å². The molecule has 15 heavy (non-hydrogen) atoms. The van der Waals surface area contributed by atoms with Crippen molar-refractivity contribution >= 4 is 11.6 Å². The minimum absolute atomic E-state index is 0.194. The Morgan fingerprint density at radius 3 is 2.60 bits per heavy atom. The minimum atomic E-state index is -0.194. The number of hydrogen-bond donors (Lipinski definition) is 0. The van der Waals surface area contributed by atoms with Gasteiger partial charge in [0.05, 0.1) is 6.26 Å². The monoisotopic (exact) mass is 220 g/mol. The van der Waals surface area contributed by atoms with E-state index in [-0.39, 0.29) is 5.38 Å². The second-order valence-electron chi connectivity index (χ2n) is 3.74. The SMILES string of the molecule is Cc1ccc(C(Cl)c2ccco2)c(C)c1. The highest BCUT2D eigenvalue weighted by Gasteiger charge is 2.15.